The molecule has 1 aliphatic heterocycles. The Bertz CT molecular complexity index is 245. The number of hydrogen-bond donors (Lipinski definition) is 0. The van der Waals surface area contributed by atoms with E-state index >= 15 is 0 Å². The minimum absolute atomic E-state index is 0.0827. The topological polar surface area (TPSA) is 61.8 Å². The number of ether oxygens (including phenoxy) is 3. The third-order valence-electron chi connectivity index (χ3n) is 2.38. The molecule has 1 unspecified atom stereocenters. The Kier molecular flexibility index (Phi) is 5.59. The third kappa shape index (κ3) is 3.37. The van der Waals surface area contributed by atoms with Gasteiger partial charge in [0, 0.05) is 19.6 Å². The minimum Gasteiger partial charge on any atom is -0.380 e. The normalized spacial score (nSPS) is 21.4. The van der Waals surface area contributed by atoms with Crippen molar-refractivity contribution in [1.82, 2.24) is 0 Å². The fraction of sp³-hybridized carbons (Fsp3) is 0.818. The van der Waals surface area contributed by atoms with Crippen LogP contribution in [0.3, 0.4) is 0 Å². The van der Waals surface area contributed by atoms with E-state index in [2.05, 4.69) is 0 Å². The zero-order valence-corrected chi connectivity index (χ0v) is 9.73. The standard InChI is InChI=1S/C11H18O5/c1-3-15-11(16-4-2)10(13)8-7-14-6-5-9(8)12/h8,11H,3-7H2,1-2H3. The van der Waals surface area contributed by atoms with Crippen molar-refractivity contribution in [2.45, 2.75) is 26.6 Å². The smallest absolute Gasteiger partial charge is 0.218 e. The van der Waals surface area contributed by atoms with Crippen molar-refractivity contribution in [3.05, 3.63) is 0 Å². The summed E-state index contributed by atoms with van der Waals surface area (Å²) >= 11 is 0. The van der Waals surface area contributed by atoms with Crippen molar-refractivity contribution in [2.75, 3.05) is 26.4 Å². The monoisotopic (exact) mass is 230 g/mol. The lowest BCUT2D eigenvalue weighted by molar-refractivity contribution is -0.176. The van der Waals surface area contributed by atoms with Crippen molar-refractivity contribution in [3.63, 3.8) is 0 Å². The first-order valence-electron chi connectivity index (χ1n) is 5.58. The lowest BCUT2D eigenvalue weighted by Crippen LogP contribution is -2.41. The molecule has 0 radical (unpaired) electrons. The number of carbonyl (C=O) groups is 2. The molecule has 0 spiro atoms. The van der Waals surface area contributed by atoms with E-state index < -0.39 is 12.2 Å². The van der Waals surface area contributed by atoms with Crippen LogP contribution in [0.15, 0.2) is 0 Å². The van der Waals surface area contributed by atoms with Gasteiger partial charge in [-0.05, 0) is 13.8 Å². The van der Waals surface area contributed by atoms with Gasteiger partial charge < -0.3 is 14.2 Å². The summed E-state index contributed by atoms with van der Waals surface area (Å²) in [6.45, 7) is 4.85. The number of hydrogen-bond acceptors (Lipinski definition) is 5. The Labute approximate surface area is 95.0 Å². The van der Waals surface area contributed by atoms with E-state index in [1.165, 1.54) is 0 Å². The molecule has 92 valence electrons. The highest BCUT2D eigenvalue weighted by atomic mass is 16.7. The van der Waals surface area contributed by atoms with E-state index in [-0.39, 0.29) is 18.2 Å². The molecule has 0 aromatic rings. The second-order valence-electron chi connectivity index (χ2n) is 3.49. The molecule has 0 N–H and O–H groups in total. The lowest BCUT2D eigenvalue weighted by atomic mass is 9.95. The average molecular weight is 230 g/mol. The maximum absolute atomic E-state index is 11.9. The van der Waals surface area contributed by atoms with Crippen LogP contribution in [0.4, 0.5) is 0 Å². The van der Waals surface area contributed by atoms with E-state index in [1.54, 1.807) is 13.8 Å². The molecule has 1 fully saturated rings. The SMILES string of the molecule is CCOC(OCC)C(=O)C1COCCC1=O. The van der Waals surface area contributed by atoms with Crippen LogP contribution in [0.25, 0.3) is 0 Å². The highest BCUT2D eigenvalue weighted by Gasteiger charge is 2.35. The lowest BCUT2D eigenvalue weighted by Gasteiger charge is -2.24. The van der Waals surface area contributed by atoms with Gasteiger partial charge in [-0.3, -0.25) is 9.59 Å². The average Bonchev–Trinajstić information content (AvgIpc) is 2.28. The first kappa shape index (κ1) is 13.3. The molecule has 0 aromatic carbocycles. The number of ketones is 2. The molecule has 0 bridgehead atoms. The van der Waals surface area contributed by atoms with E-state index in [0.717, 1.165) is 0 Å². The molecule has 1 heterocycles. The van der Waals surface area contributed by atoms with Gasteiger partial charge in [0.1, 0.15) is 11.7 Å². The summed E-state index contributed by atoms with van der Waals surface area (Å²) in [6.07, 6.45) is -0.646. The summed E-state index contributed by atoms with van der Waals surface area (Å²) in [5, 5.41) is 0. The van der Waals surface area contributed by atoms with Crippen LogP contribution in [0.1, 0.15) is 20.3 Å². The van der Waals surface area contributed by atoms with Crippen LogP contribution in [0.2, 0.25) is 0 Å². The molecule has 0 aliphatic carbocycles. The molecule has 1 saturated heterocycles. The summed E-state index contributed by atoms with van der Waals surface area (Å²) in [7, 11) is 0. The molecule has 1 aliphatic rings. The first-order valence-corrected chi connectivity index (χ1v) is 5.58. The van der Waals surface area contributed by atoms with E-state index in [0.29, 0.717) is 26.2 Å². The maximum Gasteiger partial charge on any atom is 0.218 e. The van der Waals surface area contributed by atoms with Crippen LogP contribution >= 0.6 is 0 Å². The molecule has 0 aromatic heterocycles. The maximum atomic E-state index is 11.9. The van der Waals surface area contributed by atoms with Crippen molar-refractivity contribution in [2.24, 2.45) is 5.92 Å². The minimum atomic E-state index is -0.939. The van der Waals surface area contributed by atoms with Gasteiger partial charge >= 0.3 is 0 Å². The Morgan fingerprint density at radius 3 is 2.56 bits per heavy atom. The molecule has 5 heteroatoms. The van der Waals surface area contributed by atoms with E-state index in [4.69, 9.17) is 14.2 Å². The number of Topliss-reactive ketones (excluding diaryl/α,β-unsaturated/α-hetero) is 2. The molecule has 0 amide bonds. The molecular weight excluding hydrogens is 212 g/mol. The van der Waals surface area contributed by atoms with Crippen LogP contribution < -0.4 is 0 Å². The molecule has 1 atom stereocenters. The summed E-state index contributed by atoms with van der Waals surface area (Å²) in [5.41, 5.74) is 0. The van der Waals surface area contributed by atoms with E-state index in [1.807, 2.05) is 0 Å². The Morgan fingerprint density at radius 1 is 1.44 bits per heavy atom. The van der Waals surface area contributed by atoms with Gasteiger partial charge in [-0.25, -0.2) is 0 Å². The second kappa shape index (κ2) is 6.73. The summed E-state index contributed by atoms with van der Waals surface area (Å²) < 4.78 is 15.5. The quantitative estimate of drug-likeness (QED) is 0.493. The van der Waals surface area contributed by atoms with E-state index in [9.17, 15) is 9.59 Å². The van der Waals surface area contributed by atoms with Crippen molar-refractivity contribution < 1.29 is 23.8 Å². The molecule has 5 nitrogen and oxygen atoms in total. The molecule has 16 heavy (non-hydrogen) atoms. The summed E-state index contributed by atoms with van der Waals surface area (Å²) in [5.74, 6) is -1.13. The molecule has 1 rings (SSSR count). The van der Waals surface area contributed by atoms with Gasteiger partial charge in [0.05, 0.1) is 13.2 Å². The molecule has 0 saturated carbocycles. The largest absolute Gasteiger partial charge is 0.380 e. The Hall–Kier alpha value is -0.780. The van der Waals surface area contributed by atoms with Gasteiger partial charge in [-0.2, -0.15) is 0 Å². The fourth-order valence-electron chi connectivity index (χ4n) is 1.56. The van der Waals surface area contributed by atoms with Gasteiger partial charge in [0.25, 0.3) is 0 Å². The predicted molar refractivity (Wildman–Crippen MR) is 56.0 cm³/mol. The summed E-state index contributed by atoms with van der Waals surface area (Å²) in [6, 6.07) is 0. The first-order chi connectivity index (χ1) is 7.70. The Balaban J connectivity index is 2.60. The van der Waals surface area contributed by atoms with Gasteiger partial charge in [0.15, 0.2) is 0 Å². The van der Waals surface area contributed by atoms with Crippen LogP contribution in [-0.4, -0.2) is 44.3 Å². The molecular formula is C11H18O5. The van der Waals surface area contributed by atoms with Crippen LogP contribution in [-0.2, 0) is 23.8 Å². The number of carbonyl (C=O) groups excluding carboxylic acids is 2. The fourth-order valence-corrected chi connectivity index (χ4v) is 1.56. The predicted octanol–water partition coefficient (Wildman–Crippen LogP) is 0.560. The second-order valence-corrected chi connectivity index (χ2v) is 3.49. The zero-order valence-electron chi connectivity index (χ0n) is 9.73. The van der Waals surface area contributed by atoms with Gasteiger partial charge in [0.2, 0.25) is 12.1 Å². The zero-order chi connectivity index (χ0) is 12.0. The van der Waals surface area contributed by atoms with Crippen molar-refractivity contribution in [3.8, 4) is 0 Å². The number of rotatable bonds is 6. The van der Waals surface area contributed by atoms with Gasteiger partial charge in [-0.15, -0.1) is 0 Å². The summed E-state index contributed by atoms with van der Waals surface area (Å²) in [4.78, 5) is 23.5. The Morgan fingerprint density at radius 2 is 2.06 bits per heavy atom. The highest BCUT2D eigenvalue weighted by Crippen LogP contribution is 2.15. The van der Waals surface area contributed by atoms with Crippen LogP contribution in [0, 0.1) is 5.92 Å². The van der Waals surface area contributed by atoms with Crippen molar-refractivity contribution in [1.29, 1.82) is 0 Å². The third-order valence-corrected chi connectivity index (χ3v) is 2.38. The van der Waals surface area contributed by atoms with Gasteiger partial charge in [-0.1, -0.05) is 0 Å². The van der Waals surface area contributed by atoms with Crippen molar-refractivity contribution >= 4 is 11.6 Å². The van der Waals surface area contributed by atoms with Crippen LogP contribution in [0.5, 0.6) is 0 Å². The highest BCUT2D eigenvalue weighted by molar-refractivity contribution is 6.04.